The molecule has 1 aromatic heterocycles. The highest BCUT2D eigenvalue weighted by Crippen LogP contribution is 2.19. The van der Waals surface area contributed by atoms with E-state index in [0.717, 1.165) is 6.07 Å². The van der Waals surface area contributed by atoms with Gasteiger partial charge in [0.05, 0.1) is 30.1 Å². The monoisotopic (exact) mass is 290 g/mol. The van der Waals surface area contributed by atoms with Crippen LogP contribution < -0.4 is 10.1 Å². The quantitative estimate of drug-likeness (QED) is 0.901. The third-order valence-corrected chi connectivity index (χ3v) is 2.72. The number of carbonyl (C=O) groups is 2. The fourth-order valence-corrected chi connectivity index (χ4v) is 1.68. The summed E-state index contributed by atoms with van der Waals surface area (Å²) in [5.41, 5.74) is -0.367. The van der Waals surface area contributed by atoms with Gasteiger partial charge < -0.3 is 15.2 Å². The van der Waals surface area contributed by atoms with Crippen molar-refractivity contribution in [3.8, 4) is 5.75 Å². The summed E-state index contributed by atoms with van der Waals surface area (Å²) in [4.78, 5) is 26.7. The number of hydrogen-bond donors (Lipinski definition) is 2. The molecule has 0 unspecified atom stereocenters. The highest BCUT2D eigenvalue weighted by Gasteiger charge is 2.16. The summed E-state index contributed by atoms with van der Waals surface area (Å²) < 4.78 is 18.6. The van der Waals surface area contributed by atoms with Crippen LogP contribution in [-0.2, 0) is 0 Å². The molecule has 2 aromatic rings. The van der Waals surface area contributed by atoms with Gasteiger partial charge in [-0.1, -0.05) is 0 Å². The van der Waals surface area contributed by atoms with Gasteiger partial charge in [0.1, 0.15) is 11.6 Å². The second kappa shape index (κ2) is 6.00. The highest BCUT2D eigenvalue weighted by atomic mass is 19.1. The van der Waals surface area contributed by atoms with Crippen molar-refractivity contribution in [2.75, 3.05) is 12.4 Å². The fourth-order valence-electron chi connectivity index (χ4n) is 1.68. The van der Waals surface area contributed by atoms with Crippen molar-refractivity contribution in [2.45, 2.75) is 0 Å². The second-order valence-corrected chi connectivity index (χ2v) is 4.03. The molecule has 2 rings (SSSR count). The molecule has 0 atom stereocenters. The Morgan fingerprint density at radius 1 is 1.29 bits per heavy atom. The number of nitrogens with one attached hydrogen (secondary N) is 1. The molecule has 0 aliphatic carbocycles. The number of halogens is 1. The summed E-state index contributed by atoms with van der Waals surface area (Å²) >= 11 is 0. The Bertz CT molecular complexity index is 703. The first-order valence-corrected chi connectivity index (χ1v) is 5.85. The van der Waals surface area contributed by atoms with Gasteiger partial charge in [0.2, 0.25) is 0 Å². The standard InChI is InChI=1S/C14H11FN2O4/c1-21-8-2-3-9(11(15)6-8)13(18)17-12-7-16-5-4-10(12)14(19)20/h2-7H,1H3,(H,17,18)(H,19,20). The number of carboxylic acid groups (broad SMARTS) is 1. The average Bonchev–Trinajstić information content (AvgIpc) is 2.47. The molecule has 1 amide bonds. The lowest BCUT2D eigenvalue weighted by atomic mass is 10.1. The molecule has 0 fully saturated rings. The van der Waals surface area contributed by atoms with Gasteiger partial charge in [-0.15, -0.1) is 0 Å². The Morgan fingerprint density at radius 3 is 2.67 bits per heavy atom. The van der Waals surface area contributed by atoms with Crippen LogP contribution in [0.3, 0.4) is 0 Å². The molecule has 0 saturated carbocycles. The van der Waals surface area contributed by atoms with Crippen molar-refractivity contribution < 1.29 is 23.8 Å². The molecule has 108 valence electrons. The molecule has 1 heterocycles. The van der Waals surface area contributed by atoms with E-state index < -0.39 is 17.7 Å². The van der Waals surface area contributed by atoms with E-state index in [1.54, 1.807) is 0 Å². The van der Waals surface area contributed by atoms with Gasteiger partial charge in [-0.2, -0.15) is 0 Å². The molecule has 2 N–H and O–H groups in total. The zero-order valence-electron chi connectivity index (χ0n) is 11.0. The van der Waals surface area contributed by atoms with Crippen molar-refractivity contribution in [1.29, 1.82) is 0 Å². The normalized spacial score (nSPS) is 10.0. The van der Waals surface area contributed by atoms with Crippen molar-refractivity contribution in [3.05, 3.63) is 53.6 Å². The Labute approximate surface area is 119 Å². The third-order valence-electron chi connectivity index (χ3n) is 2.72. The predicted molar refractivity (Wildman–Crippen MR) is 72.1 cm³/mol. The molecule has 6 nitrogen and oxygen atoms in total. The van der Waals surface area contributed by atoms with Gasteiger partial charge >= 0.3 is 5.97 Å². The molecule has 1 aromatic carbocycles. The number of benzene rings is 1. The minimum atomic E-state index is -1.22. The first-order chi connectivity index (χ1) is 10.0. The van der Waals surface area contributed by atoms with Crippen LogP contribution in [0.2, 0.25) is 0 Å². The number of methoxy groups -OCH3 is 1. The summed E-state index contributed by atoms with van der Waals surface area (Å²) in [6.07, 6.45) is 2.47. The summed E-state index contributed by atoms with van der Waals surface area (Å²) in [5.74, 6) is -2.49. The van der Waals surface area contributed by atoms with Crippen LogP contribution >= 0.6 is 0 Å². The zero-order valence-corrected chi connectivity index (χ0v) is 11.0. The zero-order chi connectivity index (χ0) is 15.4. The Hall–Kier alpha value is -2.96. The van der Waals surface area contributed by atoms with Crippen molar-refractivity contribution in [3.63, 3.8) is 0 Å². The molecular formula is C14H11FN2O4. The maximum Gasteiger partial charge on any atom is 0.337 e. The van der Waals surface area contributed by atoms with Gasteiger partial charge in [-0.3, -0.25) is 9.78 Å². The van der Waals surface area contributed by atoms with Crippen LogP contribution in [0.15, 0.2) is 36.7 Å². The minimum absolute atomic E-state index is 0.00906. The van der Waals surface area contributed by atoms with E-state index in [1.165, 1.54) is 37.7 Å². The Kier molecular flexibility index (Phi) is 4.13. The number of aromatic carboxylic acids is 1. The van der Waals surface area contributed by atoms with Gasteiger partial charge in [-0.25, -0.2) is 9.18 Å². The summed E-state index contributed by atoms with van der Waals surface area (Å²) in [6, 6.07) is 4.98. The molecule has 0 spiro atoms. The van der Waals surface area contributed by atoms with E-state index in [4.69, 9.17) is 9.84 Å². The first-order valence-electron chi connectivity index (χ1n) is 5.85. The van der Waals surface area contributed by atoms with Gasteiger partial charge in [0.25, 0.3) is 5.91 Å². The van der Waals surface area contributed by atoms with Crippen LogP contribution in [0.25, 0.3) is 0 Å². The highest BCUT2D eigenvalue weighted by molar-refractivity contribution is 6.07. The van der Waals surface area contributed by atoms with E-state index in [1.807, 2.05) is 0 Å². The summed E-state index contributed by atoms with van der Waals surface area (Å²) in [5, 5.41) is 11.3. The first kappa shape index (κ1) is 14.4. The molecule has 0 aliphatic heterocycles. The van der Waals surface area contributed by atoms with Crippen LogP contribution in [0.1, 0.15) is 20.7 Å². The van der Waals surface area contributed by atoms with E-state index >= 15 is 0 Å². The summed E-state index contributed by atoms with van der Waals surface area (Å²) in [7, 11) is 1.38. The van der Waals surface area contributed by atoms with Crippen LogP contribution in [-0.4, -0.2) is 29.1 Å². The fraction of sp³-hybridized carbons (Fsp3) is 0.0714. The van der Waals surface area contributed by atoms with Crippen LogP contribution in [0.4, 0.5) is 10.1 Å². The van der Waals surface area contributed by atoms with Gasteiger partial charge in [0, 0.05) is 12.3 Å². The van der Waals surface area contributed by atoms with Crippen LogP contribution in [0.5, 0.6) is 5.75 Å². The molecule has 7 heteroatoms. The van der Waals surface area contributed by atoms with Gasteiger partial charge in [0.15, 0.2) is 0 Å². The Balaban J connectivity index is 2.28. The van der Waals surface area contributed by atoms with Crippen molar-refractivity contribution in [2.24, 2.45) is 0 Å². The largest absolute Gasteiger partial charge is 0.497 e. The van der Waals surface area contributed by atoms with E-state index in [2.05, 4.69) is 10.3 Å². The maximum atomic E-state index is 13.8. The lowest BCUT2D eigenvalue weighted by Gasteiger charge is -2.09. The van der Waals surface area contributed by atoms with E-state index in [0.29, 0.717) is 0 Å². The SMILES string of the molecule is COc1ccc(C(=O)Nc2cnccc2C(=O)O)c(F)c1. The van der Waals surface area contributed by atoms with Gasteiger partial charge in [-0.05, 0) is 18.2 Å². The number of rotatable bonds is 4. The summed E-state index contributed by atoms with van der Waals surface area (Å²) in [6.45, 7) is 0. The lowest BCUT2D eigenvalue weighted by molar-refractivity contribution is 0.0698. The van der Waals surface area contributed by atoms with Crippen molar-refractivity contribution in [1.82, 2.24) is 4.98 Å². The smallest absolute Gasteiger partial charge is 0.337 e. The number of carboxylic acids is 1. The average molecular weight is 290 g/mol. The maximum absolute atomic E-state index is 13.8. The molecule has 0 radical (unpaired) electrons. The topological polar surface area (TPSA) is 88.5 Å². The molecule has 0 saturated heterocycles. The van der Waals surface area contributed by atoms with E-state index in [9.17, 15) is 14.0 Å². The minimum Gasteiger partial charge on any atom is -0.497 e. The Morgan fingerprint density at radius 2 is 2.05 bits per heavy atom. The molecule has 0 bridgehead atoms. The number of amides is 1. The number of ether oxygens (including phenoxy) is 1. The number of hydrogen-bond acceptors (Lipinski definition) is 4. The number of pyridine rings is 1. The number of nitrogens with zero attached hydrogens (tertiary/aromatic N) is 1. The second-order valence-electron chi connectivity index (χ2n) is 4.03. The lowest BCUT2D eigenvalue weighted by Crippen LogP contribution is -2.16. The number of carbonyl (C=O) groups excluding carboxylic acids is 1. The molecule has 0 aliphatic rings. The number of anilines is 1. The van der Waals surface area contributed by atoms with Crippen LogP contribution in [0, 0.1) is 5.82 Å². The molecule has 21 heavy (non-hydrogen) atoms. The molecular weight excluding hydrogens is 279 g/mol. The van der Waals surface area contributed by atoms with E-state index in [-0.39, 0.29) is 22.6 Å². The predicted octanol–water partition coefficient (Wildman–Crippen LogP) is 2.18. The third kappa shape index (κ3) is 3.14. The van der Waals surface area contributed by atoms with Crippen molar-refractivity contribution >= 4 is 17.6 Å². The number of aromatic nitrogens is 1.